The zero-order valence-electron chi connectivity index (χ0n) is 11.4. The van der Waals surface area contributed by atoms with Crippen LogP contribution in [0.4, 0.5) is 4.39 Å². The van der Waals surface area contributed by atoms with E-state index in [0.717, 1.165) is 16.5 Å². The van der Waals surface area contributed by atoms with Crippen LogP contribution < -0.4 is 0 Å². The number of H-pyrrole nitrogens is 1. The van der Waals surface area contributed by atoms with Gasteiger partial charge >= 0.3 is 0 Å². The van der Waals surface area contributed by atoms with Crippen LogP contribution in [0.2, 0.25) is 5.02 Å². The number of nitrogens with one attached hydrogen (secondary N) is 1. The Morgan fingerprint density at radius 1 is 1.23 bits per heavy atom. The van der Waals surface area contributed by atoms with Crippen molar-refractivity contribution in [2.75, 3.05) is 6.54 Å². The van der Waals surface area contributed by atoms with Crippen LogP contribution in [0.25, 0.3) is 10.9 Å². The number of halogens is 2. The Kier molecular flexibility index (Phi) is 3.81. The summed E-state index contributed by atoms with van der Waals surface area (Å²) < 4.78 is 13.3. The smallest absolute Gasteiger partial charge is 0.214 e. The van der Waals surface area contributed by atoms with Gasteiger partial charge in [-0.05, 0) is 41.5 Å². The molecule has 6 heteroatoms. The maximum absolute atomic E-state index is 13.3. The van der Waals surface area contributed by atoms with Gasteiger partial charge in [-0.2, -0.15) is 0 Å². The molecule has 0 aliphatic heterocycles. The van der Waals surface area contributed by atoms with Crippen LogP contribution >= 0.6 is 11.6 Å². The second kappa shape index (κ2) is 5.77. The fourth-order valence-corrected chi connectivity index (χ4v) is 2.76. The summed E-state index contributed by atoms with van der Waals surface area (Å²) in [6.07, 6.45) is 1.70. The van der Waals surface area contributed by atoms with Gasteiger partial charge in [0.25, 0.3) is 0 Å². The molecule has 0 saturated heterocycles. The van der Waals surface area contributed by atoms with Crippen molar-refractivity contribution in [3.8, 4) is 0 Å². The second-order valence-corrected chi connectivity index (χ2v) is 5.49. The van der Waals surface area contributed by atoms with Crippen molar-refractivity contribution in [1.82, 2.24) is 4.98 Å². The van der Waals surface area contributed by atoms with Gasteiger partial charge in [-0.1, -0.05) is 23.7 Å². The quantitative estimate of drug-likeness (QED) is 0.573. The Hall–Kier alpha value is -2.40. The first-order valence-corrected chi connectivity index (χ1v) is 7.06. The van der Waals surface area contributed by atoms with E-state index >= 15 is 0 Å². The van der Waals surface area contributed by atoms with Crippen molar-refractivity contribution >= 4 is 22.5 Å². The maximum atomic E-state index is 13.3. The van der Waals surface area contributed by atoms with E-state index in [1.54, 1.807) is 36.5 Å². The zero-order valence-corrected chi connectivity index (χ0v) is 12.2. The van der Waals surface area contributed by atoms with Gasteiger partial charge in [0.05, 0.1) is 5.92 Å². The number of rotatable bonds is 4. The summed E-state index contributed by atoms with van der Waals surface area (Å²) in [7, 11) is 0. The Bertz CT molecular complexity index is 830. The highest BCUT2D eigenvalue weighted by atomic mass is 35.5. The van der Waals surface area contributed by atoms with Crippen LogP contribution in [0, 0.1) is 15.9 Å². The molecule has 0 aliphatic carbocycles. The molecular weight excluding hydrogens is 307 g/mol. The molecule has 1 N–H and O–H groups in total. The van der Waals surface area contributed by atoms with Crippen LogP contribution in [0.5, 0.6) is 0 Å². The summed E-state index contributed by atoms with van der Waals surface area (Å²) in [5.41, 5.74) is 2.19. The average molecular weight is 319 g/mol. The Labute approximate surface area is 130 Å². The summed E-state index contributed by atoms with van der Waals surface area (Å²) in [5, 5.41) is 12.4. The number of nitrogens with zero attached hydrogens (tertiary/aromatic N) is 1. The van der Waals surface area contributed by atoms with Crippen molar-refractivity contribution in [1.29, 1.82) is 0 Å². The Morgan fingerprint density at radius 3 is 2.64 bits per heavy atom. The van der Waals surface area contributed by atoms with E-state index in [4.69, 9.17) is 11.6 Å². The minimum absolute atomic E-state index is 0.244. The predicted molar refractivity (Wildman–Crippen MR) is 83.4 cm³/mol. The van der Waals surface area contributed by atoms with Gasteiger partial charge in [0, 0.05) is 27.0 Å². The molecule has 1 aromatic heterocycles. The highest BCUT2D eigenvalue weighted by Crippen LogP contribution is 2.32. The van der Waals surface area contributed by atoms with E-state index in [0.29, 0.717) is 10.5 Å². The molecule has 0 bridgehead atoms. The SMILES string of the molecule is O=[N+]([O-])CC(c1ccc(Cl)cc1)c1c[nH]c2cc(F)ccc12. The normalized spacial score (nSPS) is 12.5. The number of aromatic amines is 1. The van der Waals surface area contributed by atoms with Crippen molar-refractivity contribution in [2.45, 2.75) is 5.92 Å². The summed E-state index contributed by atoms with van der Waals surface area (Å²) in [4.78, 5) is 13.7. The number of hydrogen-bond acceptors (Lipinski definition) is 2. The van der Waals surface area contributed by atoms with Crippen molar-refractivity contribution < 1.29 is 9.31 Å². The summed E-state index contributed by atoms with van der Waals surface area (Å²) in [5.74, 6) is -0.773. The highest BCUT2D eigenvalue weighted by Gasteiger charge is 2.23. The molecule has 1 heterocycles. The molecule has 0 spiro atoms. The largest absolute Gasteiger partial charge is 0.361 e. The first-order chi connectivity index (χ1) is 10.5. The fourth-order valence-electron chi connectivity index (χ4n) is 2.64. The summed E-state index contributed by atoms with van der Waals surface area (Å²) >= 11 is 5.88. The minimum atomic E-state index is -0.425. The van der Waals surface area contributed by atoms with Crippen LogP contribution in [-0.4, -0.2) is 16.5 Å². The molecule has 112 valence electrons. The lowest BCUT2D eigenvalue weighted by molar-refractivity contribution is -0.481. The molecule has 0 aliphatic rings. The molecule has 4 nitrogen and oxygen atoms in total. The lowest BCUT2D eigenvalue weighted by Gasteiger charge is -2.13. The Balaban J connectivity index is 2.11. The number of hydrogen-bond donors (Lipinski definition) is 1. The van der Waals surface area contributed by atoms with Gasteiger partial charge in [-0.15, -0.1) is 0 Å². The van der Waals surface area contributed by atoms with E-state index < -0.39 is 5.92 Å². The minimum Gasteiger partial charge on any atom is -0.361 e. The van der Waals surface area contributed by atoms with E-state index in [2.05, 4.69) is 4.98 Å². The average Bonchev–Trinajstić information content (AvgIpc) is 2.88. The standard InChI is InChI=1S/C16H12ClFN2O2/c17-11-3-1-10(2-4-11)15(9-20(21)22)14-8-19-16-7-12(18)5-6-13(14)16/h1-8,15,19H,9H2. The van der Waals surface area contributed by atoms with Crippen molar-refractivity contribution in [2.24, 2.45) is 0 Å². The third kappa shape index (κ3) is 2.80. The lowest BCUT2D eigenvalue weighted by atomic mass is 9.91. The van der Waals surface area contributed by atoms with Gasteiger partial charge in [0.1, 0.15) is 5.82 Å². The summed E-state index contributed by atoms with van der Waals surface area (Å²) in [6.45, 7) is -0.244. The first kappa shape index (κ1) is 14.5. The van der Waals surface area contributed by atoms with E-state index in [1.165, 1.54) is 12.1 Å². The number of aromatic nitrogens is 1. The number of benzene rings is 2. The van der Waals surface area contributed by atoms with Gasteiger partial charge < -0.3 is 4.98 Å². The maximum Gasteiger partial charge on any atom is 0.214 e. The number of nitro groups is 1. The molecule has 2 aromatic carbocycles. The third-order valence-corrected chi connectivity index (χ3v) is 3.91. The molecule has 1 atom stereocenters. The van der Waals surface area contributed by atoms with E-state index in [-0.39, 0.29) is 17.3 Å². The van der Waals surface area contributed by atoms with Gasteiger partial charge in [0.15, 0.2) is 0 Å². The molecule has 22 heavy (non-hydrogen) atoms. The topological polar surface area (TPSA) is 58.9 Å². The molecule has 0 saturated carbocycles. The van der Waals surface area contributed by atoms with Crippen molar-refractivity contribution in [3.63, 3.8) is 0 Å². The van der Waals surface area contributed by atoms with Crippen LogP contribution in [-0.2, 0) is 0 Å². The van der Waals surface area contributed by atoms with Crippen molar-refractivity contribution in [3.05, 3.63) is 80.7 Å². The molecule has 1 unspecified atom stereocenters. The Morgan fingerprint density at radius 2 is 1.95 bits per heavy atom. The molecule has 0 amide bonds. The number of fused-ring (bicyclic) bond motifs is 1. The summed E-state index contributed by atoms with van der Waals surface area (Å²) in [6, 6.07) is 11.3. The fraction of sp³-hybridized carbons (Fsp3) is 0.125. The van der Waals surface area contributed by atoms with E-state index in [9.17, 15) is 14.5 Å². The van der Waals surface area contributed by atoms with Crippen LogP contribution in [0.3, 0.4) is 0 Å². The molecule has 3 rings (SSSR count). The third-order valence-electron chi connectivity index (χ3n) is 3.66. The zero-order chi connectivity index (χ0) is 15.7. The van der Waals surface area contributed by atoms with Gasteiger partial charge in [0.2, 0.25) is 6.54 Å². The monoisotopic (exact) mass is 318 g/mol. The lowest BCUT2D eigenvalue weighted by Crippen LogP contribution is -2.13. The van der Waals surface area contributed by atoms with Gasteiger partial charge in [-0.3, -0.25) is 10.1 Å². The predicted octanol–water partition coefficient (Wildman–Crippen LogP) is 4.37. The molecular formula is C16H12ClFN2O2. The van der Waals surface area contributed by atoms with Crippen LogP contribution in [0.15, 0.2) is 48.7 Å². The van der Waals surface area contributed by atoms with Crippen LogP contribution in [0.1, 0.15) is 17.0 Å². The first-order valence-electron chi connectivity index (χ1n) is 6.68. The van der Waals surface area contributed by atoms with Gasteiger partial charge in [-0.25, -0.2) is 4.39 Å². The van der Waals surface area contributed by atoms with E-state index in [1.807, 2.05) is 0 Å². The molecule has 0 radical (unpaired) electrons. The molecule has 3 aromatic rings. The highest BCUT2D eigenvalue weighted by molar-refractivity contribution is 6.30. The molecule has 0 fully saturated rings. The second-order valence-electron chi connectivity index (χ2n) is 5.05.